The number of amides is 1. The van der Waals surface area contributed by atoms with Crippen LogP contribution < -0.4 is 10.1 Å². The standard InChI is InChI=1S/C19H16BrF2NO4/c1-12-2-8-16(15(20)10-12)23-17(24)11-26-18(25)9-5-13-3-6-14(7-4-13)27-19(21)22/h2-10,19H,11H2,1H3,(H,23,24)/b9-5+. The van der Waals surface area contributed by atoms with Gasteiger partial charge in [-0.15, -0.1) is 0 Å². The molecule has 0 aliphatic carbocycles. The first-order valence-electron chi connectivity index (χ1n) is 7.79. The van der Waals surface area contributed by atoms with Crippen molar-refractivity contribution >= 4 is 39.6 Å². The summed E-state index contributed by atoms with van der Waals surface area (Å²) in [7, 11) is 0. The van der Waals surface area contributed by atoms with Gasteiger partial charge in [0.05, 0.1) is 5.69 Å². The van der Waals surface area contributed by atoms with E-state index in [2.05, 4.69) is 26.0 Å². The molecule has 0 aromatic heterocycles. The average Bonchev–Trinajstić information content (AvgIpc) is 2.61. The molecule has 0 saturated heterocycles. The van der Waals surface area contributed by atoms with Crippen LogP contribution in [0.15, 0.2) is 53.0 Å². The van der Waals surface area contributed by atoms with E-state index < -0.39 is 25.1 Å². The Morgan fingerprint density at radius 3 is 2.52 bits per heavy atom. The molecule has 142 valence electrons. The molecule has 0 spiro atoms. The highest BCUT2D eigenvalue weighted by molar-refractivity contribution is 9.10. The lowest BCUT2D eigenvalue weighted by molar-refractivity contribution is -0.142. The normalized spacial score (nSPS) is 10.9. The summed E-state index contributed by atoms with van der Waals surface area (Å²) in [5.41, 5.74) is 2.19. The van der Waals surface area contributed by atoms with Crippen LogP contribution in [0, 0.1) is 6.92 Å². The molecule has 0 heterocycles. The van der Waals surface area contributed by atoms with Crippen molar-refractivity contribution in [3.63, 3.8) is 0 Å². The number of carbonyl (C=O) groups excluding carboxylic acids is 2. The van der Waals surface area contributed by atoms with Crippen LogP contribution in [0.25, 0.3) is 6.08 Å². The number of carbonyl (C=O) groups is 2. The number of halogens is 3. The fourth-order valence-electron chi connectivity index (χ4n) is 2.02. The molecular weight excluding hydrogens is 424 g/mol. The van der Waals surface area contributed by atoms with Crippen LogP contribution in [-0.2, 0) is 14.3 Å². The molecule has 0 unspecified atom stereocenters. The summed E-state index contributed by atoms with van der Waals surface area (Å²) < 4.78 is 34.0. The molecule has 0 fully saturated rings. The average molecular weight is 440 g/mol. The fraction of sp³-hybridized carbons (Fsp3) is 0.158. The Labute approximate surface area is 163 Å². The van der Waals surface area contributed by atoms with E-state index in [0.29, 0.717) is 11.3 Å². The van der Waals surface area contributed by atoms with Crippen molar-refractivity contribution < 1.29 is 27.8 Å². The SMILES string of the molecule is Cc1ccc(NC(=O)COC(=O)/C=C/c2ccc(OC(F)F)cc2)c(Br)c1. The largest absolute Gasteiger partial charge is 0.452 e. The molecule has 8 heteroatoms. The van der Waals surface area contributed by atoms with Crippen molar-refractivity contribution in [1.29, 1.82) is 0 Å². The Morgan fingerprint density at radius 1 is 1.19 bits per heavy atom. The summed E-state index contributed by atoms with van der Waals surface area (Å²) in [4.78, 5) is 23.5. The molecule has 2 aromatic rings. The predicted octanol–water partition coefficient (Wildman–Crippen LogP) is 4.55. The van der Waals surface area contributed by atoms with E-state index in [0.717, 1.165) is 16.1 Å². The Kier molecular flexibility index (Phi) is 7.48. The first kappa shape index (κ1) is 20.6. The predicted molar refractivity (Wildman–Crippen MR) is 101 cm³/mol. The number of ether oxygens (including phenoxy) is 2. The lowest BCUT2D eigenvalue weighted by Crippen LogP contribution is -2.20. The number of benzene rings is 2. The quantitative estimate of drug-likeness (QED) is 0.507. The topological polar surface area (TPSA) is 64.6 Å². The summed E-state index contributed by atoms with van der Waals surface area (Å²) >= 11 is 3.34. The van der Waals surface area contributed by atoms with Crippen molar-refractivity contribution in [2.45, 2.75) is 13.5 Å². The van der Waals surface area contributed by atoms with Gasteiger partial charge in [0.15, 0.2) is 6.61 Å². The van der Waals surface area contributed by atoms with Gasteiger partial charge in [-0.2, -0.15) is 8.78 Å². The zero-order chi connectivity index (χ0) is 19.8. The summed E-state index contributed by atoms with van der Waals surface area (Å²) in [6, 6.07) is 11.1. The Morgan fingerprint density at radius 2 is 1.89 bits per heavy atom. The van der Waals surface area contributed by atoms with Gasteiger partial charge in [-0.3, -0.25) is 4.79 Å². The zero-order valence-electron chi connectivity index (χ0n) is 14.2. The van der Waals surface area contributed by atoms with Crippen molar-refractivity contribution in [1.82, 2.24) is 0 Å². The Bertz CT molecular complexity index is 838. The second-order valence-corrected chi connectivity index (χ2v) is 6.27. The van der Waals surface area contributed by atoms with E-state index in [1.54, 1.807) is 6.07 Å². The van der Waals surface area contributed by atoms with Gasteiger partial charge in [-0.1, -0.05) is 18.2 Å². The molecular formula is C19H16BrF2NO4. The van der Waals surface area contributed by atoms with Gasteiger partial charge in [0, 0.05) is 10.5 Å². The Balaban J connectivity index is 1.81. The van der Waals surface area contributed by atoms with Crippen LogP contribution >= 0.6 is 15.9 Å². The molecule has 0 bridgehead atoms. The van der Waals surface area contributed by atoms with Crippen molar-refractivity contribution in [2.24, 2.45) is 0 Å². The van der Waals surface area contributed by atoms with E-state index in [1.165, 1.54) is 30.3 Å². The van der Waals surface area contributed by atoms with Crippen molar-refractivity contribution in [2.75, 3.05) is 11.9 Å². The first-order chi connectivity index (χ1) is 12.8. The summed E-state index contributed by atoms with van der Waals surface area (Å²) in [6.45, 7) is -1.41. The molecule has 0 aliphatic rings. The minimum absolute atomic E-state index is 0.0173. The number of hydrogen-bond donors (Lipinski definition) is 1. The number of anilines is 1. The van der Waals surface area contributed by atoms with Gasteiger partial charge in [-0.25, -0.2) is 4.79 Å². The highest BCUT2D eigenvalue weighted by atomic mass is 79.9. The zero-order valence-corrected chi connectivity index (χ0v) is 15.8. The smallest absolute Gasteiger partial charge is 0.387 e. The third-order valence-electron chi connectivity index (χ3n) is 3.26. The lowest BCUT2D eigenvalue weighted by Gasteiger charge is -2.08. The minimum atomic E-state index is -2.90. The van der Waals surface area contributed by atoms with Gasteiger partial charge >= 0.3 is 12.6 Å². The van der Waals surface area contributed by atoms with E-state index in [9.17, 15) is 18.4 Å². The lowest BCUT2D eigenvalue weighted by atomic mass is 10.2. The van der Waals surface area contributed by atoms with E-state index in [1.807, 2.05) is 19.1 Å². The van der Waals surface area contributed by atoms with Crippen LogP contribution in [0.2, 0.25) is 0 Å². The van der Waals surface area contributed by atoms with E-state index >= 15 is 0 Å². The Hall–Kier alpha value is -2.74. The monoisotopic (exact) mass is 439 g/mol. The number of esters is 1. The number of alkyl halides is 2. The number of hydrogen-bond acceptors (Lipinski definition) is 4. The van der Waals surface area contributed by atoms with Crippen LogP contribution in [0.1, 0.15) is 11.1 Å². The van der Waals surface area contributed by atoms with Crippen molar-refractivity contribution in [3.8, 4) is 5.75 Å². The summed E-state index contributed by atoms with van der Waals surface area (Å²) in [5, 5.41) is 2.63. The van der Waals surface area contributed by atoms with Gasteiger partial charge < -0.3 is 14.8 Å². The molecule has 0 saturated carbocycles. The molecule has 0 atom stereocenters. The maximum absolute atomic E-state index is 12.1. The molecule has 0 radical (unpaired) electrons. The first-order valence-corrected chi connectivity index (χ1v) is 8.58. The maximum Gasteiger partial charge on any atom is 0.387 e. The van der Waals surface area contributed by atoms with Gasteiger partial charge in [0.25, 0.3) is 5.91 Å². The highest BCUT2D eigenvalue weighted by Gasteiger charge is 2.08. The fourth-order valence-corrected chi connectivity index (χ4v) is 2.61. The van der Waals surface area contributed by atoms with Crippen molar-refractivity contribution in [3.05, 3.63) is 64.1 Å². The van der Waals surface area contributed by atoms with Crippen LogP contribution in [-0.4, -0.2) is 25.1 Å². The number of aryl methyl sites for hydroxylation is 1. The molecule has 2 rings (SSSR count). The number of rotatable bonds is 7. The van der Waals surface area contributed by atoms with Crippen LogP contribution in [0.4, 0.5) is 14.5 Å². The van der Waals surface area contributed by atoms with Crippen LogP contribution in [0.3, 0.4) is 0 Å². The second kappa shape index (κ2) is 9.82. The van der Waals surface area contributed by atoms with Gasteiger partial charge in [0.1, 0.15) is 5.75 Å². The maximum atomic E-state index is 12.1. The third-order valence-corrected chi connectivity index (χ3v) is 3.92. The summed E-state index contributed by atoms with van der Waals surface area (Å²) in [6.07, 6.45) is 2.57. The number of nitrogens with one attached hydrogen (secondary N) is 1. The molecule has 5 nitrogen and oxygen atoms in total. The minimum Gasteiger partial charge on any atom is -0.452 e. The van der Waals surface area contributed by atoms with E-state index in [-0.39, 0.29) is 5.75 Å². The third kappa shape index (κ3) is 7.18. The molecule has 2 aromatic carbocycles. The van der Waals surface area contributed by atoms with Crippen LogP contribution in [0.5, 0.6) is 5.75 Å². The van der Waals surface area contributed by atoms with E-state index in [4.69, 9.17) is 4.74 Å². The van der Waals surface area contributed by atoms with Gasteiger partial charge in [-0.05, 0) is 64.3 Å². The molecule has 0 aliphatic heterocycles. The molecule has 27 heavy (non-hydrogen) atoms. The second-order valence-electron chi connectivity index (χ2n) is 5.42. The molecule has 1 amide bonds. The summed E-state index contributed by atoms with van der Waals surface area (Å²) in [5.74, 6) is -1.17. The molecule has 1 N–H and O–H groups in total. The highest BCUT2D eigenvalue weighted by Crippen LogP contribution is 2.23. The van der Waals surface area contributed by atoms with Gasteiger partial charge in [0.2, 0.25) is 0 Å².